The number of carbonyl (C=O) groups excluding carboxylic acids is 1. The highest BCUT2D eigenvalue weighted by atomic mass is 16.1. The topological polar surface area (TPSA) is 64.6 Å². The van der Waals surface area contributed by atoms with Gasteiger partial charge in [0.2, 0.25) is 12.4 Å². The molecule has 2 rings (SSSR count). The number of amides is 1. The number of hydrogen-bond donors (Lipinski definition) is 1. The fourth-order valence-electron chi connectivity index (χ4n) is 2.44. The van der Waals surface area contributed by atoms with Crippen LogP contribution in [0, 0.1) is 6.92 Å². The first-order valence-electron chi connectivity index (χ1n) is 7.77. The maximum absolute atomic E-state index is 10.8. The lowest BCUT2D eigenvalue weighted by atomic mass is 10.3. The Kier molecular flexibility index (Phi) is 5.94. The van der Waals surface area contributed by atoms with Crippen LogP contribution in [0.15, 0.2) is 6.07 Å². The molecule has 0 saturated carbocycles. The van der Waals surface area contributed by atoms with Crippen molar-refractivity contribution in [1.82, 2.24) is 19.8 Å². The number of aromatic nitrogens is 2. The molecule has 1 aromatic heterocycles. The molecule has 7 nitrogen and oxygen atoms in total. The van der Waals surface area contributed by atoms with Crippen molar-refractivity contribution in [2.75, 3.05) is 63.6 Å². The maximum Gasteiger partial charge on any atom is 0.224 e. The predicted octanol–water partition coefficient (Wildman–Crippen LogP) is 0.427. The Bertz CT molecular complexity index is 485. The van der Waals surface area contributed by atoms with Crippen LogP contribution in [0.5, 0.6) is 0 Å². The number of aryl methyl sites for hydroxylation is 1. The number of anilines is 2. The van der Waals surface area contributed by atoms with Crippen LogP contribution < -0.4 is 10.2 Å². The molecule has 1 saturated heterocycles. The van der Waals surface area contributed by atoms with Gasteiger partial charge < -0.3 is 20.0 Å². The van der Waals surface area contributed by atoms with Crippen LogP contribution in [-0.4, -0.2) is 79.5 Å². The van der Waals surface area contributed by atoms with Crippen molar-refractivity contribution in [2.45, 2.75) is 13.3 Å². The molecule has 7 heteroatoms. The molecular formula is C15H26N6O. The monoisotopic (exact) mass is 306 g/mol. The van der Waals surface area contributed by atoms with Crippen LogP contribution >= 0.6 is 0 Å². The Morgan fingerprint density at radius 1 is 1.27 bits per heavy atom. The average Bonchev–Trinajstić information content (AvgIpc) is 2.51. The fourth-order valence-corrected chi connectivity index (χ4v) is 2.44. The molecule has 0 radical (unpaired) electrons. The van der Waals surface area contributed by atoms with Gasteiger partial charge in [-0.05, 0) is 34.0 Å². The summed E-state index contributed by atoms with van der Waals surface area (Å²) in [6, 6.07) is 2.00. The molecule has 2 heterocycles. The number of hydrogen-bond acceptors (Lipinski definition) is 6. The third kappa shape index (κ3) is 4.84. The van der Waals surface area contributed by atoms with Crippen molar-refractivity contribution < 1.29 is 4.79 Å². The van der Waals surface area contributed by atoms with Crippen LogP contribution in [0.1, 0.15) is 12.1 Å². The molecule has 1 fully saturated rings. The summed E-state index contributed by atoms with van der Waals surface area (Å²) in [6.07, 6.45) is 1.97. The summed E-state index contributed by atoms with van der Waals surface area (Å²) < 4.78 is 0. The molecule has 22 heavy (non-hydrogen) atoms. The van der Waals surface area contributed by atoms with Crippen LogP contribution in [0.4, 0.5) is 11.8 Å². The molecule has 1 aliphatic rings. The van der Waals surface area contributed by atoms with Gasteiger partial charge >= 0.3 is 0 Å². The summed E-state index contributed by atoms with van der Waals surface area (Å²) in [5, 5.41) is 3.30. The number of rotatable bonds is 7. The SMILES string of the molecule is Cc1cc(N2CCN(C=O)CC2)nc(NCCCN(C)C)n1. The van der Waals surface area contributed by atoms with E-state index in [0.717, 1.165) is 63.6 Å². The average molecular weight is 306 g/mol. The van der Waals surface area contributed by atoms with Crippen LogP contribution in [-0.2, 0) is 4.79 Å². The van der Waals surface area contributed by atoms with Gasteiger partial charge in [0.25, 0.3) is 0 Å². The molecular weight excluding hydrogens is 280 g/mol. The number of piperazine rings is 1. The maximum atomic E-state index is 10.8. The molecule has 1 aliphatic heterocycles. The standard InChI is InChI=1S/C15H26N6O/c1-13-11-14(21-9-7-20(12-22)8-10-21)18-15(17-13)16-5-4-6-19(2)3/h11-12H,4-10H2,1-3H3,(H,16,17,18). The minimum absolute atomic E-state index is 0.687. The first-order valence-corrected chi connectivity index (χ1v) is 7.77. The van der Waals surface area contributed by atoms with Crippen LogP contribution in [0.3, 0.4) is 0 Å². The molecule has 0 spiro atoms. The van der Waals surface area contributed by atoms with E-state index >= 15 is 0 Å². The van der Waals surface area contributed by atoms with Crippen molar-refractivity contribution in [3.8, 4) is 0 Å². The van der Waals surface area contributed by atoms with Gasteiger partial charge in [0.05, 0.1) is 0 Å². The normalized spacial score (nSPS) is 15.3. The zero-order chi connectivity index (χ0) is 15.9. The predicted molar refractivity (Wildman–Crippen MR) is 88.3 cm³/mol. The number of carbonyl (C=O) groups is 1. The lowest BCUT2D eigenvalue weighted by molar-refractivity contribution is -0.118. The molecule has 0 unspecified atom stereocenters. The van der Waals surface area contributed by atoms with Crippen molar-refractivity contribution in [3.63, 3.8) is 0 Å². The highest BCUT2D eigenvalue weighted by molar-refractivity contribution is 5.50. The summed E-state index contributed by atoms with van der Waals surface area (Å²) in [5.41, 5.74) is 0.956. The van der Waals surface area contributed by atoms with Gasteiger partial charge in [0.15, 0.2) is 0 Å². The fraction of sp³-hybridized carbons (Fsp3) is 0.667. The molecule has 1 aromatic rings. The summed E-state index contributed by atoms with van der Waals surface area (Å²) in [6.45, 7) is 7.01. The zero-order valence-corrected chi connectivity index (χ0v) is 13.7. The molecule has 1 N–H and O–H groups in total. The second-order valence-electron chi connectivity index (χ2n) is 5.90. The lowest BCUT2D eigenvalue weighted by Gasteiger charge is -2.33. The summed E-state index contributed by atoms with van der Waals surface area (Å²) in [4.78, 5) is 26.0. The first kappa shape index (κ1) is 16.5. The number of nitrogens with one attached hydrogen (secondary N) is 1. The van der Waals surface area contributed by atoms with E-state index in [-0.39, 0.29) is 0 Å². The minimum atomic E-state index is 0.687. The van der Waals surface area contributed by atoms with E-state index in [9.17, 15) is 4.79 Å². The third-order valence-electron chi connectivity index (χ3n) is 3.69. The van der Waals surface area contributed by atoms with Gasteiger partial charge in [-0.3, -0.25) is 4.79 Å². The van der Waals surface area contributed by atoms with E-state index in [2.05, 4.69) is 39.2 Å². The van der Waals surface area contributed by atoms with Crippen molar-refractivity contribution in [2.24, 2.45) is 0 Å². The minimum Gasteiger partial charge on any atom is -0.354 e. The highest BCUT2D eigenvalue weighted by Crippen LogP contribution is 2.16. The lowest BCUT2D eigenvalue weighted by Crippen LogP contribution is -2.46. The van der Waals surface area contributed by atoms with Gasteiger partial charge in [0.1, 0.15) is 5.82 Å². The largest absolute Gasteiger partial charge is 0.354 e. The van der Waals surface area contributed by atoms with Gasteiger partial charge in [-0.1, -0.05) is 0 Å². The smallest absolute Gasteiger partial charge is 0.224 e. The second kappa shape index (κ2) is 7.93. The van der Waals surface area contributed by atoms with Gasteiger partial charge in [0, 0.05) is 44.5 Å². The van der Waals surface area contributed by atoms with Crippen LogP contribution in [0.2, 0.25) is 0 Å². The Balaban J connectivity index is 1.93. The highest BCUT2D eigenvalue weighted by Gasteiger charge is 2.17. The number of nitrogens with zero attached hydrogens (tertiary/aromatic N) is 5. The molecule has 0 aliphatic carbocycles. The molecule has 0 bridgehead atoms. The van der Waals surface area contributed by atoms with E-state index in [1.807, 2.05) is 13.0 Å². The van der Waals surface area contributed by atoms with Crippen molar-refractivity contribution in [1.29, 1.82) is 0 Å². The Labute approximate surface area is 132 Å². The van der Waals surface area contributed by atoms with Gasteiger partial charge in [-0.15, -0.1) is 0 Å². The zero-order valence-electron chi connectivity index (χ0n) is 13.7. The molecule has 1 amide bonds. The van der Waals surface area contributed by atoms with E-state index in [1.54, 1.807) is 4.90 Å². The Hall–Kier alpha value is -1.89. The summed E-state index contributed by atoms with van der Waals surface area (Å²) in [5.74, 6) is 1.62. The first-order chi connectivity index (χ1) is 10.6. The Morgan fingerprint density at radius 2 is 2.00 bits per heavy atom. The van der Waals surface area contributed by atoms with Gasteiger partial charge in [-0.2, -0.15) is 4.98 Å². The van der Waals surface area contributed by atoms with Gasteiger partial charge in [-0.25, -0.2) is 4.98 Å². The molecule has 122 valence electrons. The second-order valence-corrected chi connectivity index (χ2v) is 5.90. The molecule has 0 atom stereocenters. The van der Waals surface area contributed by atoms with E-state index in [4.69, 9.17) is 0 Å². The molecule has 0 aromatic carbocycles. The van der Waals surface area contributed by atoms with Crippen molar-refractivity contribution in [3.05, 3.63) is 11.8 Å². The van der Waals surface area contributed by atoms with E-state index < -0.39 is 0 Å². The van der Waals surface area contributed by atoms with Crippen LogP contribution in [0.25, 0.3) is 0 Å². The Morgan fingerprint density at radius 3 is 2.64 bits per heavy atom. The summed E-state index contributed by atoms with van der Waals surface area (Å²) in [7, 11) is 4.14. The summed E-state index contributed by atoms with van der Waals surface area (Å²) >= 11 is 0. The van der Waals surface area contributed by atoms with Crippen molar-refractivity contribution >= 4 is 18.2 Å². The van der Waals surface area contributed by atoms with E-state index in [0.29, 0.717) is 5.95 Å². The van der Waals surface area contributed by atoms with E-state index in [1.165, 1.54) is 0 Å². The third-order valence-corrected chi connectivity index (χ3v) is 3.69. The quantitative estimate of drug-likeness (QED) is 0.582.